The Hall–Kier alpha value is -1.09. The summed E-state index contributed by atoms with van der Waals surface area (Å²) in [5.41, 5.74) is 0.993. The number of pyridine rings is 1. The third-order valence-electron chi connectivity index (χ3n) is 2.60. The SMILES string of the molecule is CCCC(C)COCc1cccc(NCC)n1. The van der Waals surface area contributed by atoms with Gasteiger partial charge in [0, 0.05) is 13.2 Å². The second-order valence-corrected chi connectivity index (χ2v) is 4.45. The van der Waals surface area contributed by atoms with Crippen molar-refractivity contribution in [2.45, 2.75) is 40.2 Å². The molecule has 0 aliphatic carbocycles. The number of nitrogens with one attached hydrogen (secondary N) is 1. The first-order valence-corrected chi connectivity index (χ1v) is 6.53. The molecular weight excluding hydrogens is 212 g/mol. The van der Waals surface area contributed by atoms with Gasteiger partial charge in [0.15, 0.2) is 0 Å². The molecule has 0 spiro atoms. The van der Waals surface area contributed by atoms with Crippen LogP contribution in [0.1, 0.15) is 39.3 Å². The fraction of sp³-hybridized carbons (Fsp3) is 0.643. The van der Waals surface area contributed by atoms with Gasteiger partial charge in [-0.2, -0.15) is 0 Å². The van der Waals surface area contributed by atoms with Gasteiger partial charge in [0.1, 0.15) is 5.82 Å². The maximum absolute atomic E-state index is 5.68. The Morgan fingerprint density at radius 2 is 2.18 bits per heavy atom. The van der Waals surface area contributed by atoms with Crippen LogP contribution in [0.15, 0.2) is 18.2 Å². The van der Waals surface area contributed by atoms with Gasteiger partial charge in [0.2, 0.25) is 0 Å². The molecule has 3 nitrogen and oxygen atoms in total. The van der Waals surface area contributed by atoms with Gasteiger partial charge in [0.25, 0.3) is 0 Å². The second kappa shape index (κ2) is 8.07. The molecule has 17 heavy (non-hydrogen) atoms. The molecule has 1 aromatic rings. The van der Waals surface area contributed by atoms with E-state index in [1.54, 1.807) is 0 Å². The minimum atomic E-state index is 0.604. The highest BCUT2D eigenvalue weighted by atomic mass is 16.5. The van der Waals surface area contributed by atoms with E-state index in [1.807, 2.05) is 18.2 Å². The molecule has 1 atom stereocenters. The molecule has 0 saturated carbocycles. The highest BCUT2D eigenvalue weighted by molar-refractivity contribution is 5.34. The lowest BCUT2D eigenvalue weighted by atomic mass is 10.1. The third-order valence-corrected chi connectivity index (χ3v) is 2.60. The molecule has 3 heteroatoms. The van der Waals surface area contributed by atoms with Crippen LogP contribution in [0.25, 0.3) is 0 Å². The van der Waals surface area contributed by atoms with Gasteiger partial charge < -0.3 is 10.1 Å². The topological polar surface area (TPSA) is 34.1 Å². The van der Waals surface area contributed by atoms with Gasteiger partial charge in [-0.1, -0.05) is 26.3 Å². The number of hydrogen-bond acceptors (Lipinski definition) is 3. The largest absolute Gasteiger partial charge is 0.375 e. The average Bonchev–Trinajstić information content (AvgIpc) is 2.30. The summed E-state index contributed by atoms with van der Waals surface area (Å²) in [5.74, 6) is 1.56. The Kier molecular flexibility index (Phi) is 6.63. The molecule has 0 saturated heterocycles. The highest BCUT2D eigenvalue weighted by Gasteiger charge is 2.02. The monoisotopic (exact) mass is 236 g/mol. The zero-order valence-electron chi connectivity index (χ0n) is 11.2. The minimum Gasteiger partial charge on any atom is -0.375 e. The van der Waals surface area contributed by atoms with Crippen LogP contribution in [0, 0.1) is 5.92 Å². The Morgan fingerprint density at radius 3 is 2.88 bits per heavy atom. The fourth-order valence-electron chi connectivity index (χ4n) is 1.78. The van der Waals surface area contributed by atoms with Gasteiger partial charge in [-0.15, -0.1) is 0 Å². The Labute approximate surface area is 105 Å². The van der Waals surface area contributed by atoms with E-state index in [9.17, 15) is 0 Å². The first-order chi connectivity index (χ1) is 8.26. The van der Waals surface area contributed by atoms with Crippen LogP contribution in [0.3, 0.4) is 0 Å². The molecule has 0 aromatic carbocycles. The standard InChI is InChI=1S/C14H24N2O/c1-4-7-12(3)10-17-11-13-8-6-9-14(16-13)15-5-2/h6,8-9,12H,4-5,7,10-11H2,1-3H3,(H,15,16). The maximum atomic E-state index is 5.68. The maximum Gasteiger partial charge on any atom is 0.126 e. The number of aromatic nitrogens is 1. The van der Waals surface area contributed by atoms with Crippen molar-refractivity contribution in [2.24, 2.45) is 5.92 Å². The predicted octanol–water partition coefficient (Wildman–Crippen LogP) is 3.47. The molecule has 0 radical (unpaired) electrons. The summed E-state index contributed by atoms with van der Waals surface area (Å²) in [6, 6.07) is 6.00. The van der Waals surface area contributed by atoms with E-state index in [4.69, 9.17) is 4.74 Å². The molecule has 0 bridgehead atoms. The van der Waals surface area contributed by atoms with Crippen LogP contribution in [0.2, 0.25) is 0 Å². The van der Waals surface area contributed by atoms with Crippen LogP contribution in [0.5, 0.6) is 0 Å². The fourth-order valence-corrected chi connectivity index (χ4v) is 1.78. The first kappa shape index (κ1) is 14.0. The van der Waals surface area contributed by atoms with Crippen molar-refractivity contribution in [1.82, 2.24) is 4.98 Å². The van der Waals surface area contributed by atoms with Crippen molar-refractivity contribution in [3.05, 3.63) is 23.9 Å². The quantitative estimate of drug-likeness (QED) is 0.750. The Bertz CT molecular complexity index is 315. The molecule has 1 heterocycles. The normalized spacial score (nSPS) is 12.4. The van der Waals surface area contributed by atoms with E-state index in [0.717, 1.165) is 24.7 Å². The average molecular weight is 236 g/mol. The van der Waals surface area contributed by atoms with Crippen LogP contribution >= 0.6 is 0 Å². The molecule has 0 fully saturated rings. The third kappa shape index (κ3) is 5.68. The molecule has 0 aliphatic rings. The smallest absolute Gasteiger partial charge is 0.126 e. The molecule has 1 N–H and O–H groups in total. The summed E-state index contributed by atoms with van der Waals surface area (Å²) < 4.78 is 5.68. The number of ether oxygens (including phenoxy) is 1. The summed E-state index contributed by atoms with van der Waals surface area (Å²) in [5, 5.41) is 3.20. The summed E-state index contributed by atoms with van der Waals surface area (Å²) in [4.78, 5) is 4.47. The van der Waals surface area contributed by atoms with Crippen molar-refractivity contribution in [3.8, 4) is 0 Å². The van der Waals surface area contributed by atoms with Crippen molar-refractivity contribution < 1.29 is 4.74 Å². The predicted molar refractivity (Wildman–Crippen MR) is 72.1 cm³/mol. The lowest BCUT2D eigenvalue weighted by Gasteiger charge is -2.11. The number of nitrogens with zero attached hydrogens (tertiary/aromatic N) is 1. The lowest BCUT2D eigenvalue weighted by Crippen LogP contribution is -2.07. The van der Waals surface area contributed by atoms with Gasteiger partial charge in [-0.25, -0.2) is 4.98 Å². The molecule has 0 aliphatic heterocycles. The summed E-state index contributed by atoms with van der Waals surface area (Å²) >= 11 is 0. The van der Waals surface area contributed by atoms with E-state index in [1.165, 1.54) is 12.8 Å². The highest BCUT2D eigenvalue weighted by Crippen LogP contribution is 2.09. The van der Waals surface area contributed by atoms with E-state index in [-0.39, 0.29) is 0 Å². The molecule has 1 rings (SSSR count). The van der Waals surface area contributed by atoms with Crippen molar-refractivity contribution in [2.75, 3.05) is 18.5 Å². The van der Waals surface area contributed by atoms with Gasteiger partial charge in [-0.05, 0) is 31.4 Å². The van der Waals surface area contributed by atoms with Crippen molar-refractivity contribution >= 4 is 5.82 Å². The second-order valence-electron chi connectivity index (χ2n) is 4.45. The summed E-state index contributed by atoms with van der Waals surface area (Å²) in [6.45, 7) is 8.82. The van der Waals surface area contributed by atoms with E-state index in [0.29, 0.717) is 12.5 Å². The Balaban J connectivity index is 2.33. The summed E-state index contributed by atoms with van der Waals surface area (Å²) in [7, 11) is 0. The first-order valence-electron chi connectivity index (χ1n) is 6.53. The van der Waals surface area contributed by atoms with Crippen LogP contribution in [-0.2, 0) is 11.3 Å². The zero-order chi connectivity index (χ0) is 12.5. The van der Waals surface area contributed by atoms with Gasteiger partial charge in [-0.3, -0.25) is 0 Å². The van der Waals surface area contributed by atoms with E-state index < -0.39 is 0 Å². The van der Waals surface area contributed by atoms with Crippen molar-refractivity contribution in [3.63, 3.8) is 0 Å². The number of anilines is 1. The van der Waals surface area contributed by atoms with Crippen molar-refractivity contribution in [1.29, 1.82) is 0 Å². The van der Waals surface area contributed by atoms with Crippen LogP contribution < -0.4 is 5.32 Å². The number of rotatable bonds is 8. The molecular formula is C14H24N2O. The molecule has 0 amide bonds. The minimum absolute atomic E-state index is 0.604. The van der Waals surface area contributed by atoms with Gasteiger partial charge >= 0.3 is 0 Å². The Morgan fingerprint density at radius 1 is 1.35 bits per heavy atom. The molecule has 96 valence electrons. The van der Waals surface area contributed by atoms with E-state index >= 15 is 0 Å². The summed E-state index contributed by atoms with van der Waals surface area (Å²) in [6.07, 6.45) is 2.45. The lowest BCUT2D eigenvalue weighted by molar-refractivity contribution is 0.0873. The van der Waals surface area contributed by atoms with Gasteiger partial charge in [0.05, 0.1) is 12.3 Å². The number of hydrogen-bond donors (Lipinski definition) is 1. The van der Waals surface area contributed by atoms with Crippen LogP contribution in [-0.4, -0.2) is 18.1 Å². The van der Waals surface area contributed by atoms with E-state index in [2.05, 4.69) is 31.1 Å². The van der Waals surface area contributed by atoms with Crippen LogP contribution in [0.4, 0.5) is 5.82 Å². The molecule has 1 aromatic heterocycles. The zero-order valence-corrected chi connectivity index (χ0v) is 11.2. The molecule has 1 unspecified atom stereocenters.